The second-order valence-corrected chi connectivity index (χ2v) is 9.34. The molecule has 3 aromatic carbocycles. The quantitative estimate of drug-likeness (QED) is 0.481. The first kappa shape index (κ1) is 24.7. The number of aryl methyl sites for hydroxylation is 1. The number of amides is 2. The number of carbonyl (C=O) groups is 2. The van der Waals surface area contributed by atoms with Crippen LogP contribution >= 0.6 is 0 Å². The number of hydrogen-bond acceptors (Lipinski definition) is 3. The Hall–Kier alpha value is -3.44. The van der Waals surface area contributed by atoms with Gasteiger partial charge in [-0.2, -0.15) is 0 Å². The Balaban J connectivity index is 1.41. The molecular formula is C30H35N3O2. The molecule has 0 spiro atoms. The number of nitrogens with zero attached hydrogens (tertiary/aromatic N) is 2. The molecule has 0 aromatic heterocycles. The number of benzene rings is 3. The van der Waals surface area contributed by atoms with Gasteiger partial charge in [-0.1, -0.05) is 66.6 Å². The SMILES string of the molecule is Cc1cccc(CN(C(=O)c2ccccc2)c2ccc(CC(=O)NCCN3CCCCC3)cc2)c1. The Labute approximate surface area is 208 Å². The van der Waals surface area contributed by atoms with Gasteiger partial charge < -0.3 is 15.1 Å². The maximum Gasteiger partial charge on any atom is 0.258 e. The average molecular weight is 470 g/mol. The van der Waals surface area contributed by atoms with Crippen molar-refractivity contribution < 1.29 is 9.59 Å². The van der Waals surface area contributed by atoms with Crippen molar-refractivity contribution in [3.8, 4) is 0 Å². The van der Waals surface area contributed by atoms with Gasteiger partial charge in [0.1, 0.15) is 0 Å². The fraction of sp³-hybridized carbons (Fsp3) is 0.333. The molecule has 0 aliphatic carbocycles. The zero-order valence-corrected chi connectivity index (χ0v) is 20.6. The Morgan fingerprint density at radius 1 is 0.857 bits per heavy atom. The van der Waals surface area contributed by atoms with Crippen molar-refractivity contribution >= 4 is 17.5 Å². The van der Waals surface area contributed by atoms with E-state index in [0.717, 1.165) is 42.0 Å². The number of carbonyl (C=O) groups excluding carboxylic acids is 2. The van der Waals surface area contributed by atoms with Crippen LogP contribution in [0.5, 0.6) is 0 Å². The normalized spacial score (nSPS) is 13.9. The van der Waals surface area contributed by atoms with E-state index in [-0.39, 0.29) is 11.8 Å². The molecule has 182 valence electrons. The van der Waals surface area contributed by atoms with E-state index in [1.54, 1.807) is 4.90 Å². The van der Waals surface area contributed by atoms with Crippen molar-refractivity contribution in [3.05, 3.63) is 101 Å². The van der Waals surface area contributed by atoms with Gasteiger partial charge in [0.05, 0.1) is 13.0 Å². The first-order valence-electron chi connectivity index (χ1n) is 12.6. The lowest BCUT2D eigenvalue weighted by atomic mass is 10.1. The number of piperidine rings is 1. The summed E-state index contributed by atoms with van der Waals surface area (Å²) in [6.07, 6.45) is 4.17. The van der Waals surface area contributed by atoms with Crippen LogP contribution in [0.2, 0.25) is 0 Å². The van der Waals surface area contributed by atoms with Crippen LogP contribution in [-0.4, -0.2) is 42.9 Å². The Bertz CT molecular complexity index is 1110. The molecule has 1 saturated heterocycles. The standard InChI is InChI=1S/C30H35N3O2/c1-24-9-8-10-26(21-24)23-33(30(35)27-11-4-2-5-12-27)28-15-13-25(14-16-28)22-29(34)31-17-20-32-18-6-3-7-19-32/h2,4-5,8-16,21H,3,6-7,17-20,22-23H2,1H3,(H,31,34). The van der Waals surface area contributed by atoms with E-state index in [2.05, 4.69) is 29.3 Å². The van der Waals surface area contributed by atoms with Crippen LogP contribution in [0, 0.1) is 6.92 Å². The molecule has 1 aliphatic heterocycles. The monoisotopic (exact) mass is 469 g/mol. The summed E-state index contributed by atoms with van der Waals surface area (Å²) < 4.78 is 0. The van der Waals surface area contributed by atoms with Gasteiger partial charge in [0, 0.05) is 24.3 Å². The summed E-state index contributed by atoms with van der Waals surface area (Å²) >= 11 is 0. The number of rotatable bonds is 9. The number of anilines is 1. The third-order valence-corrected chi connectivity index (χ3v) is 6.50. The molecule has 1 heterocycles. The largest absolute Gasteiger partial charge is 0.355 e. The van der Waals surface area contributed by atoms with E-state index >= 15 is 0 Å². The maximum absolute atomic E-state index is 13.4. The summed E-state index contributed by atoms with van der Waals surface area (Å²) in [6, 6.07) is 25.3. The van der Waals surface area contributed by atoms with Gasteiger partial charge >= 0.3 is 0 Å². The van der Waals surface area contributed by atoms with Gasteiger partial charge in [-0.05, 0) is 68.2 Å². The Morgan fingerprint density at radius 3 is 2.31 bits per heavy atom. The summed E-state index contributed by atoms with van der Waals surface area (Å²) in [4.78, 5) is 30.1. The molecule has 1 fully saturated rings. The van der Waals surface area contributed by atoms with Crippen LogP contribution in [0.1, 0.15) is 46.3 Å². The molecule has 0 bridgehead atoms. The molecule has 1 N–H and O–H groups in total. The first-order valence-corrected chi connectivity index (χ1v) is 12.6. The molecule has 3 aromatic rings. The molecule has 2 amide bonds. The smallest absolute Gasteiger partial charge is 0.258 e. The molecule has 0 unspecified atom stereocenters. The van der Waals surface area contributed by atoms with Gasteiger partial charge in [0.25, 0.3) is 5.91 Å². The Morgan fingerprint density at radius 2 is 1.60 bits per heavy atom. The second kappa shape index (κ2) is 12.3. The summed E-state index contributed by atoms with van der Waals surface area (Å²) in [5, 5.41) is 3.05. The van der Waals surface area contributed by atoms with Gasteiger partial charge in [0.15, 0.2) is 0 Å². The van der Waals surface area contributed by atoms with Crippen LogP contribution in [-0.2, 0) is 17.8 Å². The highest BCUT2D eigenvalue weighted by Gasteiger charge is 2.18. The third kappa shape index (κ3) is 7.27. The lowest BCUT2D eigenvalue weighted by molar-refractivity contribution is -0.120. The van der Waals surface area contributed by atoms with Crippen molar-refractivity contribution in [2.75, 3.05) is 31.1 Å². The summed E-state index contributed by atoms with van der Waals surface area (Å²) in [7, 11) is 0. The number of nitrogens with one attached hydrogen (secondary N) is 1. The molecule has 0 radical (unpaired) electrons. The highest BCUT2D eigenvalue weighted by molar-refractivity contribution is 6.06. The third-order valence-electron chi connectivity index (χ3n) is 6.50. The average Bonchev–Trinajstić information content (AvgIpc) is 2.89. The van der Waals surface area contributed by atoms with E-state index in [1.165, 1.54) is 19.3 Å². The van der Waals surface area contributed by atoms with Gasteiger partial charge in [0.2, 0.25) is 5.91 Å². The minimum absolute atomic E-state index is 0.0340. The summed E-state index contributed by atoms with van der Waals surface area (Å²) in [6.45, 7) is 6.41. The van der Waals surface area contributed by atoms with Crippen molar-refractivity contribution in [3.63, 3.8) is 0 Å². The number of likely N-dealkylation sites (tertiary alicyclic amines) is 1. The predicted molar refractivity (Wildman–Crippen MR) is 142 cm³/mol. The first-order chi connectivity index (χ1) is 17.1. The van der Waals surface area contributed by atoms with E-state index in [0.29, 0.717) is 25.1 Å². The lowest BCUT2D eigenvalue weighted by Gasteiger charge is -2.26. The molecule has 4 rings (SSSR count). The van der Waals surface area contributed by atoms with Crippen molar-refractivity contribution in [1.82, 2.24) is 10.2 Å². The summed E-state index contributed by atoms with van der Waals surface area (Å²) in [5.74, 6) is -0.0120. The van der Waals surface area contributed by atoms with Crippen LogP contribution in [0.3, 0.4) is 0 Å². The van der Waals surface area contributed by atoms with E-state index in [4.69, 9.17) is 0 Å². The minimum Gasteiger partial charge on any atom is -0.355 e. The van der Waals surface area contributed by atoms with Gasteiger partial charge in [-0.3, -0.25) is 9.59 Å². The van der Waals surface area contributed by atoms with E-state index in [9.17, 15) is 9.59 Å². The van der Waals surface area contributed by atoms with Crippen LogP contribution in [0.4, 0.5) is 5.69 Å². The van der Waals surface area contributed by atoms with Crippen molar-refractivity contribution in [2.24, 2.45) is 0 Å². The molecule has 0 atom stereocenters. The second-order valence-electron chi connectivity index (χ2n) is 9.34. The lowest BCUT2D eigenvalue weighted by Crippen LogP contribution is -2.38. The highest BCUT2D eigenvalue weighted by Crippen LogP contribution is 2.22. The van der Waals surface area contributed by atoms with Crippen molar-refractivity contribution in [1.29, 1.82) is 0 Å². The molecule has 35 heavy (non-hydrogen) atoms. The highest BCUT2D eigenvalue weighted by atomic mass is 16.2. The van der Waals surface area contributed by atoms with Crippen LogP contribution in [0.25, 0.3) is 0 Å². The fourth-order valence-electron chi connectivity index (χ4n) is 4.59. The van der Waals surface area contributed by atoms with E-state index in [1.807, 2.05) is 66.7 Å². The topological polar surface area (TPSA) is 52.7 Å². The molecule has 0 saturated carbocycles. The maximum atomic E-state index is 13.4. The molecule has 1 aliphatic rings. The fourth-order valence-corrected chi connectivity index (χ4v) is 4.59. The predicted octanol–water partition coefficient (Wildman–Crippen LogP) is 4.99. The van der Waals surface area contributed by atoms with Gasteiger partial charge in [-0.15, -0.1) is 0 Å². The zero-order chi connectivity index (χ0) is 24.5. The molecule has 5 nitrogen and oxygen atoms in total. The van der Waals surface area contributed by atoms with Crippen LogP contribution < -0.4 is 10.2 Å². The number of hydrogen-bond donors (Lipinski definition) is 1. The van der Waals surface area contributed by atoms with E-state index < -0.39 is 0 Å². The summed E-state index contributed by atoms with van der Waals surface area (Å²) in [5.41, 5.74) is 4.64. The molecular weight excluding hydrogens is 434 g/mol. The Kier molecular flexibility index (Phi) is 8.68. The zero-order valence-electron chi connectivity index (χ0n) is 20.6. The van der Waals surface area contributed by atoms with Crippen molar-refractivity contribution in [2.45, 2.75) is 39.2 Å². The minimum atomic E-state index is -0.0460. The van der Waals surface area contributed by atoms with Crippen LogP contribution in [0.15, 0.2) is 78.9 Å². The molecule has 5 heteroatoms. The van der Waals surface area contributed by atoms with Gasteiger partial charge in [-0.25, -0.2) is 0 Å².